The van der Waals surface area contributed by atoms with E-state index in [1.54, 1.807) is 19.1 Å². The van der Waals surface area contributed by atoms with E-state index in [4.69, 9.17) is 0 Å². The first-order valence-corrected chi connectivity index (χ1v) is 5.14. The van der Waals surface area contributed by atoms with Gasteiger partial charge in [-0.1, -0.05) is 0 Å². The molecule has 0 aliphatic heterocycles. The third-order valence-electron chi connectivity index (χ3n) is 2.28. The molecule has 0 fully saturated rings. The Morgan fingerprint density at radius 1 is 1.44 bits per heavy atom. The summed E-state index contributed by atoms with van der Waals surface area (Å²) in [7, 11) is 4.01. The Hall–Kier alpha value is -1.62. The number of aryl methyl sites for hydroxylation is 1. The second-order valence-electron chi connectivity index (χ2n) is 3.99. The SMILES string of the molecule is Cc1cc(NCCN(C)C)ccc1[N+](=O)[O-]. The fraction of sp³-hybridized carbons (Fsp3) is 0.455. The van der Waals surface area contributed by atoms with Gasteiger partial charge in [0, 0.05) is 30.4 Å². The third kappa shape index (κ3) is 3.51. The Labute approximate surface area is 95.2 Å². The van der Waals surface area contributed by atoms with Gasteiger partial charge >= 0.3 is 0 Å². The molecule has 0 unspecified atom stereocenters. The van der Waals surface area contributed by atoms with Crippen LogP contribution in [0.3, 0.4) is 0 Å². The van der Waals surface area contributed by atoms with Crippen molar-refractivity contribution >= 4 is 11.4 Å². The minimum atomic E-state index is -0.362. The average molecular weight is 223 g/mol. The monoisotopic (exact) mass is 223 g/mol. The number of benzene rings is 1. The molecule has 0 bridgehead atoms. The van der Waals surface area contributed by atoms with Gasteiger partial charge in [0.1, 0.15) is 0 Å². The van der Waals surface area contributed by atoms with E-state index in [0.717, 1.165) is 18.8 Å². The van der Waals surface area contributed by atoms with Crippen LogP contribution in [0.1, 0.15) is 5.56 Å². The molecule has 0 saturated carbocycles. The molecule has 5 nitrogen and oxygen atoms in total. The maximum atomic E-state index is 10.6. The van der Waals surface area contributed by atoms with Crippen molar-refractivity contribution in [3.05, 3.63) is 33.9 Å². The van der Waals surface area contributed by atoms with Crippen LogP contribution in [0.25, 0.3) is 0 Å². The normalized spacial score (nSPS) is 10.5. The van der Waals surface area contributed by atoms with Crippen LogP contribution in [-0.2, 0) is 0 Å². The summed E-state index contributed by atoms with van der Waals surface area (Å²) in [5.74, 6) is 0. The Balaban J connectivity index is 2.63. The molecule has 0 saturated heterocycles. The Morgan fingerprint density at radius 2 is 2.12 bits per heavy atom. The molecule has 1 aromatic rings. The molecular weight excluding hydrogens is 206 g/mol. The first-order valence-electron chi connectivity index (χ1n) is 5.14. The number of rotatable bonds is 5. The van der Waals surface area contributed by atoms with E-state index in [1.165, 1.54) is 6.07 Å². The van der Waals surface area contributed by atoms with Gasteiger partial charge < -0.3 is 10.2 Å². The van der Waals surface area contributed by atoms with Crippen molar-refractivity contribution in [2.75, 3.05) is 32.5 Å². The van der Waals surface area contributed by atoms with Gasteiger partial charge in [0.05, 0.1) is 4.92 Å². The van der Waals surface area contributed by atoms with Gasteiger partial charge in [-0.05, 0) is 33.2 Å². The summed E-state index contributed by atoms with van der Waals surface area (Å²) >= 11 is 0. The maximum absolute atomic E-state index is 10.6. The lowest BCUT2D eigenvalue weighted by Gasteiger charge is -2.11. The molecule has 1 aromatic carbocycles. The van der Waals surface area contributed by atoms with Crippen molar-refractivity contribution in [3.63, 3.8) is 0 Å². The number of hydrogen-bond acceptors (Lipinski definition) is 4. The van der Waals surface area contributed by atoms with Gasteiger partial charge in [-0.25, -0.2) is 0 Å². The topological polar surface area (TPSA) is 58.4 Å². The van der Waals surface area contributed by atoms with E-state index in [9.17, 15) is 10.1 Å². The molecule has 88 valence electrons. The average Bonchev–Trinajstić information content (AvgIpc) is 2.16. The minimum absolute atomic E-state index is 0.165. The molecule has 0 aromatic heterocycles. The smallest absolute Gasteiger partial charge is 0.272 e. The Kier molecular flexibility index (Phi) is 4.25. The number of nitrogens with one attached hydrogen (secondary N) is 1. The van der Waals surface area contributed by atoms with Gasteiger partial charge in [0.2, 0.25) is 0 Å². The molecule has 16 heavy (non-hydrogen) atoms. The number of hydrogen-bond donors (Lipinski definition) is 1. The molecule has 0 aliphatic carbocycles. The highest BCUT2D eigenvalue weighted by atomic mass is 16.6. The van der Waals surface area contributed by atoms with Crippen molar-refractivity contribution in [3.8, 4) is 0 Å². The standard InChI is InChI=1S/C11H17N3O2/c1-9-8-10(12-6-7-13(2)3)4-5-11(9)14(15)16/h4-5,8,12H,6-7H2,1-3H3. The van der Waals surface area contributed by atoms with E-state index in [0.29, 0.717) is 5.56 Å². The summed E-state index contributed by atoms with van der Waals surface area (Å²) in [6.45, 7) is 3.50. The van der Waals surface area contributed by atoms with Gasteiger partial charge in [-0.15, -0.1) is 0 Å². The fourth-order valence-corrected chi connectivity index (χ4v) is 1.39. The summed E-state index contributed by atoms with van der Waals surface area (Å²) in [6, 6.07) is 5.07. The molecule has 0 radical (unpaired) electrons. The molecule has 0 heterocycles. The summed E-state index contributed by atoms with van der Waals surface area (Å²) in [4.78, 5) is 12.3. The lowest BCUT2D eigenvalue weighted by atomic mass is 10.2. The molecule has 0 spiro atoms. The Morgan fingerprint density at radius 3 is 2.62 bits per heavy atom. The van der Waals surface area contributed by atoms with Crippen molar-refractivity contribution in [1.29, 1.82) is 0 Å². The predicted octanol–water partition coefficient (Wildman–Crippen LogP) is 1.88. The van der Waals surface area contributed by atoms with E-state index in [2.05, 4.69) is 10.2 Å². The number of nitrogens with zero attached hydrogens (tertiary/aromatic N) is 2. The quantitative estimate of drug-likeness (QED) is 0.611. The van der Waals surface area contributed by atoms with E-state index in [-0.39, 0.29) is 10.6 Å². The molecule has 0 aliphatic rings. The first-order chi connectivity index (χ1) is 7.50. The van der Waals surface area contributed by atoms with E-state index >= 15 is 0 Å². The van der Waals surface area contributed by atoms with E-state index in [1.807, 2.05) is 14.1 Å². The summed E-state index contributed by atoms with van der Waals surface area (Å²) in [5, 5.41) is 13.8. The number of nitro groups is 1. The summed E-state index contributed by atoms with van der Waals surface area (Å²) in [6.07, 6.45) is 0. The summed E-state index contributed by atoms with van der Waals surface area (Å²) in [5.41, 5.74) is 1.77. The van der Waals surface area contributed by atoms with Crippen LogP contribution in [0.2, 0.25) is 0 Å². The summed E-state index contributed by atoms with van der Waals surface area (Å²) < 4.78 is 0. The number of nitro benzene ring substituents is 1. The van der Waals surface area contributed by atoms with Gasteiger partial charge in [-0.2, -0.15) is 0 Å². The van der Waals surface area contributed by atoms with Crippen LogP contribution in [0.15, 0.2) is 18.2 Å². The van der Waals surface area contributed by atoms with Crippen molar-refractivity contribution in [1.82, 2.24) is 4.90 Å². The zero-order valence-corrected chi connectivity index (χ0v) is 9.86. The Bertz CT molecular complexity index is 377. The first kappa shape index (κ1) is 12.4. The lowest BCUT2D eigenvalue weighted by molar-refractivity contribution is -0.385. The predicted molar refractivity (Wildman–Crippen MR) is 64.9 cm³/mol. The molecule has 5 heteroatoms. The van der Waals surface area contributed by atoms with Crippen LogP contribution in [-0.4, -0.2) is 37.0 Å². The van der Waals surface area contributed by atoms with Gasteiger partial charge in [-0.3, -0.25) is 10.1 Å². The maximum Gasteiger partial charge on any atom is 0.272 e. The number of likely N-dealkylation sites (N-methyl/N-ethyl adjacent to an activating group) is 1. The zero-order chi connectivity index (χ0) is 12.1. The highest BCUT2D eigenvalue weighted by molar-refractivity contribution is 5.53. The van der Waals surface area contributed by atoms with Gasteiger partial charge in [0.25, 0.3) is 5.69 Å². The van der Waals surface area contributed by atoms with Crippen molar-refractivity contribution in [2.45, 2.75) is 6.92 Å². The van der Waals surface area contributed by atoms with Crippen molar-refractivity contribution in [2.24, 2.45) is 0 Å². The number of anilines is 1. The minimum Gasteiger partial charge on any atom is -0.384 e. The van der Waals surface area contributed by atoms with Crippen LogP contribution in [0, 0.1) is 17.0 Å². The zero-order valence-electron chi connectivity index (χ0n) is 9.86. The second-order valence-corrected chi connectivity index (χ2v) is 3.99. The third-order valence-corrected chi connectivity index (χ3v) is 2.28. The van der Waals surface area contributed by atoms with Crippen LogP contribution in [0.5, 0.6) is 0 Å². The van der Waals surface area contributed by atoms with Gasteiger partial charge in [0.15, 0.2) is 0 Å². The second kappa shape index (κ2) is 5.46. The molecule has 0 amide bonds. The highest BCUT2D eigenvalue weighted by Crippen LogP contribution is 2.21. The lowest BCUT2D eigenvalue weighted by Crippen LogP contribution is -2.20. The molecular formula is C11H17N3O2. The largest absolute Gasteiger partial charge is 0.384 e. The molecule has 1 rings (SSSR count). The van der Waals surface area contributed by atoms with Crippen molar-refractivity contribution < 1.29 is 4.92 Å². The fourth-order valence-electron chi connectivity index (χ4n) is 1.39. The van der Waals surface area contributed by atoms with Crippen LogP contribution in [0.4, 0.5) is 11.4 Å². The van der Waals surface area contributed by atoms with E-state index < -0.39 is 0 Å². The molecule has 0 atom stereocenters. The molecule has 1 N–H and O–H groups in total. The van der Waals surface area contributed by atoms with Crippen LogP contribution >= 0.6 is 0 Å². The highest BCUT2D eigenvalue weighted by Gasteiger charge is 2.09. The van der Waals surface area contributed by atoms with Crippen LogP contribution < -0.4 is 5.32 Å².